The van der Waals surface area contributed by atoms with E-state index in [0.29, 0.717) is 11.9 Å². The van der Waals surface area contributed by atoms with Gasteiger partial charge >= 0.3 is 0 Å². The van der Waals surface area contributed by atoms with E-state index in [0.717, 1.165) is 42.2 Å². The molecular weight excluding hydrogens is 336 g/mol. The first-order chi connectivity index (χ1) is 10.1. The molecule has 112 valence electrons. The Bertz CT molecular complexity index is 591. The highest BCUT2D eigenvalue weighted by Gasteiger charge is 2.26. The SMILES string of the molecule is CN(C)c1noc(C2CCN(c3ncc(Br)cn3)CC2)n1. The van der Waals surface area contributed by atoms with Crippen molar-refractivity contribution in [1.82, 2.24) is 20.1 Å². The van der Waals surface area contributed by atoms with Crippen LogP contribution in [0.5, 0.6) is 0 Å². The predicted octanol–water partition coefficient (Wildman–Crippen LogP) is 2.07. The van der Waals surface area contributed by atoms with Crippen molar-refractivity contribution in [2.45, 2.75) is 18.8 Å². The van der Waals surface area contributed by atoms with Crippen LogP contribution in [0.25, 0.3) is 0 Å². The van der Waals surface area contributed by atoms with Gasteiger partial charge in [0.25, 0.3) is 5.95 Å². The van der Waals surface area contributed by atoms with Crippen molar-refractivity contribution in [1.29, 1.82) is 0 Å². The Balaban J connectivity index is 1.63. The maximum atomic E-state index is 5.36. The summed E-state index contributed by atoms with van der Waals surface area (Å²) in [6.07, 6.45) is 5.48. The summed E-state index contributed by atoms with van der Waals surface area (Å²) >= 11 is 3.35. The van der Waals surface area contributed by atoms with Crippen LogP contribution in [-0.4, -0.2) is 47.3 Å². The molecule has 1 saturated heterocycles. The van der Waals surface area contributed by atoms with E-state index in [-0.39, 0.29) is 0 Å². The molecule has 1 aliphatic rings. The normalized spacial score (nSPS) is 16.2. The smallest absolute Gasteiger partial charge is 0.265 e. The minimum atomic E-state index is 0.317. The fourth-order valence-electron chi connectivity index (χ4n) is 2.37. The monoisotopic (exact) mass is 352 g/mol. The Morgan fingerprint density at radius 2 is 1.90 bits per heavy atom. The maximum absolute atomic E-state index is 5.36. The summed E-state index contributed by atoms with van der Waals surface area (Å²) in [5.74, 6) is 2.45. The standard InChI is InChI=1S/C13H17BrN6O/c1-19(2)13-17-11(21-18-13)9-3-5-20(6-4-9)12-15-7-10(14)8-16-12/h7-9H,3-6H2,1-2H3. The quantitative estimate of drug-likeness (QED) is 0.837. The molecule has 0 unspecified atom stereocenters. The first-order valence-corrected chi connectivity index (χ1v) is 7.66. The first-order valence-electron chi connectivity index (χ1n) is 6.87. The number of aromatic nitrogens is 4. The van der Waals surface area contributed by atoms with Crippen molar-refractivity contribution in [3.8, 4) is 0 Å². The summed E-state index contributed by atoms with van der Waals surface area (Å²) in [6, 6.07) is 0. The van der Waals surface area contributed by atoms with Crippen molar-refractivity contribution in [3.05, 3.63) is 22.8 Å². The highest BCUT2D eigenvalue weighted by Crippen LogP contribution is 2.29. The minimum Gasteiger partial charge on any atom is -0.344 e. The zero-order valence-corrected chi connectivity index (χ0v) is 13.6. The van der Waals surface area contributed by atoms with E-state index in [1.165, 1.54) is 0 Å². The fraction of sp³-hybridized carbons (Fsp3) is 0.538. The number of hydrogen-bond donors (Lipinski definition) is 0. The van der Waals surface area contributed by atoms with Crippen molar-refractivity contribution in [2.75, 3.05) is 37.0 Å². The summed E-state index contributed by atoms with van der Waals surface area (Å²) in [5, 5.41) is 3.97. The van der Waals surface area contributed by atoms with E-state index in [1.54, 1.807) is 12.4 Å². The molecule has 0 bridgehead atoms. The molecule has 0 saturated carbocycles. The third-order valence-electron chi connectivity index (χ3n) is 3.56. The number of anilines is 2. The Labute approximate surface area is 131 Å². The summed E-state index contributed by atoms with van der Waals surface area (Å²) in [6.45, 7) is 1.79. The Morgan fingerprint density at radius 1 is 1.24 bits per heavy atom. The van der Waals surface area contributed by atoms with E-state index in [1.807, 2.05) is 19.0 Å². The molecule has 3 rings (SSSR count). The van der Waals surface area contributed by atoms with Gasteiger partial charge in [-0.15, -0.1) is 0 Å². The first kappa shape index (κ1) is 14.2. The maximum Gasteiger partial charge on any atom is 0.265 e. The fourth-order valence-corrected chi connectivity index (χ4v) is 2.57. The number of nitrogens with zero attached hydrogens (tertiary/aromatic N) is 6. The van der Waals surface area contributed by atoms with Crippen LogP contribution in [0.4, 0.5) is 11.9 Å². The molecule has 0 atom stereocenters. The average molecular weight is 353 g/mol. The van der Waals surface area contributed by atoms with E-state index < -0.39 is 0 Å². The molecule has 0 radical (unpaired) electrons. The van der Waals surface area contributed by atoms with Crippen molar-refractivity contribution < 1.29 is 4.52 Å². The second-order valence-corrected chi connectivity index (χ2v) is 6.21. The lowest BCUT2D eigenvalue weighted by molar-refractivity contribution is 0.328. The van der Waals surface area contributed by atoms with Gasteiger partial charge in [-0.2, -0.15) is 4.98 Å². The van der Waals surface area contributed by atoms with Crippen LogP contribution in [0.15, 0.2) is 21.4 Å². The molecule has 8 heteroatoms. The third-order valence-corrected chi connectivity index (χ3v) is 3.97. The van der Waals surface area contributed by atoms with E-state index in [2.05, 4.69) is 40.9 Å². The lowest BCUT2D eigenvalue weighted by atomic mass is 9.97. The minimum absolute atomic E-state index is 0.317. The zero-order valence-electron chi connectivity index (χ0n) is 12.0. The Hall–Kier alpha value is -1.70. The molecule has 2 aromatic heterocycles. The van der Waals surface area contributed by atoms with Gasteiger partial charge in [0, 0.05) is 45.5 Å². The second-order valence-electron chi connectivity index (χ2n) is 5.29. The lowest BCUT2D eigenvalue weighted by Crippen LogP contribution is -2.34. The van der Waals surface area contributed by atoms with Crippen molar-refractivity contribution in [2.24, 2.45) is 0 Å². The number of halogens is 1. The predicted molar refractivity (Wildman–Crippen MR) is 82.5 cm³/mol. The number of rotatable bonds is 3. The summed E-state index contributed by atoms with van der Waals surface area (Å²) in [5.41, 5.74) is 0. The largest absolute Gasteiger partial charge is 0.344 e. The van der Waals surface area contributed by atoms with Crippen LogP contribution in [0, 0.1) is 0 Å². The summed E-state index contributed by atoms with van der Waals surface area (Å²) < 4.78 is 6.26. The molecule has 3 heterocycles. The van der Waals surface area contributed by atoms with Crippen LogP contribution >= 0.6 is 15.9 Å². The highest BCUT2D eigenvalue weighted by molar-refractivity contribution is 9.10. The molecule has 21 heavy (non-hydrogen) atoms. The topological polar surface area (TPSA) is 71.2 Å². The molecule has 2 aromatic rings. The second kappa shape index (κ2) is 5.97. The van der Waals surface area contributed by atoms with Crippen LogP contribution in [0.2, 0.25) is 0 Å². The molecule has 7 nitrogen and oxygen atoms in total. The molecule has 1 fully saturated rings. The van der Waals surface area contributed by atoms with Gasteiger partial charge < -0.3 is 14.3 Å². The Kier molecular flexibility index (Phi) is 4.05. The average Bonchev–Trinajstić information content (AvgIpc) is 2.98. The van der Waals surface area contributed by atoms with E-state index in [4.69, 9.17) is 4.52 Å². The van der Waals surface area contributed by atoms with Gasteiger partial charge in [-0.25, -0.2) is 9.97 Å². The third kappa shape index (κ3) is 3.15. The van der Waals surface area contributed by atoms with E-state index in [9.17, 15) is 0 Å². The van der Waals surface area contributed by atoms with Gasteiger partial charge in [0.2, 0.25) is 11.8 Å². The van der Waals surface area contributed by atoms with Gasteiger partial charge in [-0.1, -0.05) is 0 Å². The Morgan fingerprint density at radius 3 is 2.48 bits per heavy atom. The summed E-state index contributed by atoms with van der Waals surface area (Å²) in [7, 11) is 3.81. The van der Waals surface area contributed by atoms with Gasteiger partial charge in [0.1, 0.15) is 0 Å². The van der Waals surface area contributed by atoms with Crippen LogP contribution in [0.1, 0.15) is 24.7 Å². The van der Waals surface area contributed by atoms with Gasteiger partial charge in [-0.05, 0) is 33.9 Å². The van der Waals surface area contributed by atoms with E-state index >= 15 is 0 Å². The molecule has 1 aliphatic heterocycles. The number of hydrogen-bond acceptors (Lipinski definition) is 7. The molecule has 0 amide bonds. The molecular formula is C13H17BrN6O. The molecule has 0 aromatic carbocycles. The van der Waals surface area contributed by atoms with Crippen LogP contribution < -0.4 is 9.80 Å². The molecule has 0 N–H and O–H groups in total. The highest BCUT2D eigenvalue weighted by atomic mass is 79.9. The van der Waals surface area contributed by atoms with Gasteiger partial charge in [0.15, 0.2) is 0 Å². The van der Waals surface area contributed by atoms with Crippen molar-refractivity contribution >= 4 is 27.8 Å². The van der Waals surface area contributed by atoms with Crippen LogP contribution in [0.3, 0.4) is 0 Å². The van der Waals surface area contributed by atoms with Crippen molar-refractivity contribution in [3.63, 3.8) is 0 Å². The molecule has 0 spiro atoms. The van der Waals surface area contributed by atoms with Gasteiger partial charge in [-0.3, -0.25) is 0 Å². The number of piperidine rings is 1. The lowest BCUT2D eigenvalue weighted by Gasteiger charge is -2.30. The zero-order chi connectivity index (χ0) is 14.8. The summed E-state index contributed by atoms with van der Waals surface area (Å²) in [4.78, 5) is 17.1. The molecule has 0 aliphatic carbocycles. The van der Waals surface area contributed by atoms with Crippen LogP contribution in [-0.2, 0) is 0 Å². The van der Waals surface area contributed by atoms with Gasteiger partial charge in [0.05, 0.1) is 4.47 Å².